The Morgan fingerprint density at radius 2 is 1.61 bits per heavy atom. The van der Waals surface area contributed by atoms with Crippen molar-refractivity contribution in [3.8, 4) is 17.1 Å². The lowest BCUT2D eigenvalue weighted by Crippen LogP contribution is -2.19. The van der Waals surface area contributed by atoms with Gasteiger partial charge in [0.15, 0.2) is 0 Å². The fourth-order valence-corrected chi connectivity index (χ4v) is 4.04. The van der Waals surface area contributed by atoms with Gasteiger partial charge in [0.2, 0.25) is 0 Å². The first-order valence-corrected chi connectivity index (χ1v) is 11.2. The molecule has 2 N–H and O–H groups in total. The van der Waals surface area contributed by atoms with Gasteiger partial charge in [-0.05, 0) is 55.0 Å². The Hall–Kier alpha value is -3.96. The van der Waals surface area contributed by atoms with E-state index in [9.17, 15) is 5.11 Å². The number of rotatable bonds is 6. The molecule has 0 radical (unpaired) electrons. The molecule has 0 spiro atoms. The van der Waals surface area contributed by atoms with Gasteiger partial charge in [0.1, 0.15) is 0 Å². The van der Waals surface area contributed by atoms with Gasteiger partial charge in [-0.25, -0.2) is 4.98 Å². The van der Waals surface area contributed by atoms with Crippen LogP contribution in [-0.2, 0) is 0 Å². The number of fused-ring (bicyclic) bond motifs is 2. The summed E-state index contributed by atoms with van der Waals surface area (Å²) in [5, 5.41) is 14.1. The Morgan fingerprint density at radius 1 is 0.909 bits per heavy atom. The van der Waals surface area contributed by atoms with E-state index in [1.165, 1.54) is 0 Å². The van der Waals surface area contributed by atoms with Gasteiger partial charge < -0.3 is 15.0 Å². The summed E-state index contributed by atoms with van der Waals surface area (Å²) in [6.07, 6.45) is 0.758. The Morgan fingerprint density at radius 3 is 2.33 bits per heavy atom. The average molecular weight is 435 g/mol. The molecule has 3 aromatic carbocycles. The molecule has 0 fully saturated rings. The minimum absolute atomic E-state index is 0.00791. The van der Waals surface area contributed by atoms with Crippen molar-refractivity contribution in [1.29, 1.82) is 0 Å². The van der Waals surface area contributed by atoms with Gasteiger partial charge in [0, 0.05) is 11.4 Å². The molecule has 1 aliphatic heterocycles. The van der Waals surface area contributed by atoms with E-state index in [0.717, 1.165) is 51.3 Å². The molecule has 1 unspecified atom stereocenters. The quantitative estimate of drug-likeness (QED) is 0.345. The van der Waals surface area contributed by atoms with Crippen LogP contribution < -0.4 is 10.7 Å². The number of aliphatic hydroxyl groups excluding tert-OH is 1. The highest BCUT2D eigenvalue weighted by Crippen LogP contribution is 2.30. The number of hydrogen-bond donors (Lipinski definition) is 2. The third kappa shape index (κ3) is 4.23. The topological polar surface area (TPSA) is 62.4 Å². The van der Waals surface area contributed by atoms with E-state index in [4.69, 9.17) is 9.98 Å². The number of benzene rings is 4. The molecule has 33 heavy (non-hydrogen) atoms. The molecule has 0 amide bonds. The first-order valence-electron chi connectivity index (χ1n) is 11.2. The van der Waals surface area contributed by atoms with Crippen LogP contribution >= 0.6 is 0 Å². The normalized spacial score (nSPS) is 12.8. The zero-order valence-electron chi connectivity index (χ0n) is 18.5. The number of para-hydroxylation sites is 4. The zero-order chi connectivity index (χ0) is 22.6. The van der Waals surface area contributed by atoms with Crippen LogP contribution in [0.2, 0.25) is 0 Å². The largest absolute Gasteiger partial charge is 0.394 e. The molecular formula is C28H26N4O. The molecule has 5 rings (SSSR count). The number of hydrogen-bond acceptors (Lipinski definition) is 4. The molecule has 3 aromatic rings. The second-order valence-corrected chi connectivity index (χ2v) is 7.99. The van der Waals surface area contributed by atoms with Crippen molar-refractivity contribution < 1.29 is 5.11 Å². The number of aliphatic hydroxyl groups is 1. The first kappa shape index (κ1) is 20.9. The van der Waals surface area contributed by atoms with Crippen molar-refractivity contribution in [2.75, 3.05) is 11.9 Å². The van der Waals surface area contributed by atoms with Crippen molar-refractivity contribution in [1.82, 2.24) is 9.55 Å². The van der Waals surface area contributed by atoms with Gasteiger partial charge in [-0.1, -0.05) is 55.5 Å². The Kier molecular flexibility index (Phi) is 5.87. The van der Waals surface area contributed by atoms with E-state index in [1.54, 1.807) is 0 Å². The predicted molar refractivity (Wildman–Crippen MR) is 134 cm³/mol. The Balaban J connectivity index is 1.83. The van der Waals surface area contributed by atoms with Crippen LogP contribution in [0.4, 0.5) is 11.4 Å². The predicted octanol–water partition coefficient (Wildman–Crippen LogP) is 5.55. The van der Waals surface area contributed by atoms with Gasteiger partial charge in [0.05, 0.1) is 46.1 Å². The van der Waals surface area contributed by atoms with E-state index in [-0.39, 0.29) is 12.6 Å². The molecule has 0 bridgehead atoms. The zero-order valence-corrected chi connectivity index (χ0v) is 18.5. The molecule has 5 nitrogen and oxygen atoms in total. The van der Waals surface area contributed by atoms with Gasteiger partial charge in [-0.3, -0.25) is 4.99 Å². The second-order valence-electron chi connectivity index (χ2n) is 7.99. The highest BCUT2D eigenvalue weighted by atomic mass is 16.3. The molecule has 164 valence electrons. The molecule has 1 atom stereocenters. The van der Waals surface area contributed by atoms with E-state index < -0.39 is 0 Å². The van der Waals surface area contributed by atoms with Crippen molar-refractivity contribution in [3.05, 3.63) is 102 Å². The molecule has 0 saturated heterocycles. The summed E-state index contributed by atoms with van der Waals surface area (Å²) in [6.45, 7) is 2.04. The lowest BCUT2D eigenvalue weighted by Gasteiger charge is -2.20. The fraction of sp³-hybridized carbons (Fsp3) is 0.143. The molecule has 0 aromatic heterocycles. The summed E-state index contributed by atoms with van der Waals surface area (Å²) in [7, 11) is 0. The molecule has 1 aliphatic carbocycles. The lowest BCUT2D eigenvalue weighted by atomic mass is 10.1. The summed E-state index contributed by atoms with van der Waals surface area (Å²) in [5.41, 5.74) is 6.68. The van der Waals surface area contributed by atoms with E-state index >= 15 is 0 Å². The third-order valence-electron chi connectivity index (χ3n) is 5.77. The number of nitrogens with one attached hydrogen (secondary N) is 1. The summed E-state index contributed by atoms with van der Waals surface area (Å²) in [6, 6.07) is 32.5. The number of aromatic nitrogens is 2. The van der Waals surface area contributed by atoms with Crippen LogP contribution in [0.25, 0.3) is 28.1 Å². The maximum absolute atomic E-state index is 9.82. The van der Waals surface area contributed by atoms with Crippen LogP contribution in [0, 0.1) is 0 Å². The first-order chi connectivity index (χ1) is 16.3. The van der Waals surface area contributed by atoms with Crippen LogP contribution in [0.1, 0.15) is 13.3 Å². The smallest absolute Gasteiger partial charge is 0.0900 e. The number of anilines is 2. The minimum Gasteiger partial charge on any atom is -0.394 e. The van der Waals surface area contributed by atoms with Crippen molar-refractivity contribution in [2.45, 2.75) is 19.4 Å². The van der Waals surface area contributed by atoms with E-state index in [0.29, 0.717) is 0 Å². The number of nitrogens with zero attached hydrogens (tertiary/aromatic N) is 3. The minimum atomic E-state index is -0.169. The van der Waals surface area contributed by atoms with Crippen molar-refractivity contribution in [2.24, 2.45) is 4.99 Å². The van der Waals surface area contributed by atoms with Crippen LogP contribution in [0.3, 0.4) is 0 Å². The van der Waals surface area contributed by atoms with Crippen molar-refractivity contribution in [3.63, 3.8) is 0 Å². The standard InChI is InChI=1S/C28H26N4O/c1-2-20(19-33)29-25-18-28-26(17-24(25)30-21-11-5-3-6-12-21)31-23-15-9-10-16-27(23)32(28)22-13-7-4-8-14-22/h3-18,20,30,33H,2,19H2,1H3. The van der Waals surface area contributed by atoms with Crippen LogP contribution in [0.15, 0.2) is 102 Å². The molecule has 1 heterocycles. The van der Waals surface area contributed by atoms with Crippen LogP contribution in [-0.4, -0.2) is 27.3 Å². The summed E-state index contributed by atoms with van der Waals surface area (Å²) < 4.78 is 2.23. The van der Waals surface area contributed by atoms with Gasteiger partial charge in [-0.2, -0.15) is 0 Å². The highest BCUT2D eigenvalue weighted by Gasteiger charge is 2.17. The maximum atomic E-state index is 9.82. The fourth-order valence-electron chi connectivity index (χ4n) is 4.04. The second kappa shape index (κ2) is 9.27. The third-order valence-corrected chi connectivity index (χ3v) is 5.77. The van der Waals surface area contributed by atoms with Gasteiger partial charge >= 0.3 is 0 Å². The monoisotopic (exact) mass is 434 g/mol. The van der Waals surface area contributed by atoms with E-state index in [1.807, 2.05) is 73.7 Å². The Bertz CT molecular complexity index is 1410. The van der Waals surface area contributed by atoms with Crippen LogP contribution in [0.5, 0.6) is 0 Å². The van der Waals surface area contributed by atoms with Crippen molar-refractivity contribution >= 4 is 22.4 Å². The van der Waals surface area contributed by atoms with Gasteiger partial charge in [0.25, 0.3) is 0 Å². The van der Waals surface area contributed by atoms with Gasteiger partial charge in [-0.15, -0.1) is 0 Å². The Labute approximate surface area is 193 Å². The molecule has 0 saturated carbocycles. The molecular weight excluding hydrogens is 408 g/mol. The highest BCUT2D eigenvalue weighted by molar-refractivity contribution is 5.84. The molecule has 5 heteroatoms. The summed E-state index contributed by atoms with van der Waals surface area (Å²) >= 11 is 0. The maximum Gasteiger partial charge on any atom is 0.0900 e. The van der Waals surface area contributed by atoms with E-state index in [2.05, 4.69) is 40.2 Å². The SMILES string of the molecule is CCC(CO)N=c1cc2n(-c3ccccc3)c3ccccc3nc-2cc1Nc1ccccc1. The average Bonchev–Trinajstić information content (AvgIpc) is 2.87. The summed E-state index contributed by atoms with van der Waals surface area (Å²) in [4.78, 5) is 9.88. The molecule has 2 aliphatic rings. The summed E-state index contributed by atoms with van der Waals surface area (Å²) in [5.74, 6) is 0. The lowest BCUT2D eigenvalue weighted by molar-refractivity contribution is 0.262.